The Balaban J connectivity index is 2.35. The van der Waals surface area contributed by atoms with E-state index in [4.69, 9.17) is 23.2 Å². The molecule has 2 aromatic carbocycles. The SMILES string of the molecule is CC(CO)(Nc1cccc(Cl)c1)c1ccc(F)c(Cl)c1. The second-order valence-corrected chi connectivity index (χ2v) is 5.60. The van der Waals surface area contributed by atoms with Gasteiger partial charge in [-0.1, -0.05) is 35.3 Å². The lowest BCUT2D eigenvalue weighted by Gasteiger charge is -2.31. The molecular weight excluding hydrogens is 300 g/mol. The fraction of sp³-hybridized carbons (Fsp3) is 0.200. The van der Waals surface area contributed by atoms with E-state index in [-0.39, 0.29) is 11.6 Å². The molecule has 0 aromatic heterocycles. The lowest BCUT2D eigenvalue weighted by atomic mass is 9.92. The van der Waals surface area contributed by atoms with E-state index >= 15 is 0 Å². The lowest BCUT2D eigenvalue weighted by Crippen LogP contribution is -2.35. The first kappa shape index (κ1) is 15.1. The maximum Gasteiger partial charge on any atom is 0.141 e. The fourth-order valence-corrected chi connectivity index (χ4v) is 2.30. The Morgan fingerprint density at radius 3 is 2.55 bits per heavy atom. The first-order valence-electron chi connectivity index (χ1n) is 6.05. The van der Waals surface area contributed by atoms with E-state index in [0.717, 1.165) is 5.69 Å². The largest absolute Gasteiger partial charge is 0.394 e. The zero-order valence-electron chi connectivity index (χ0n) is 10.8. The van der Waals surface area contributed by atoms with Crippen molar-refractivity contribution in [3.63, 3.8) is 0 Å². The molecule has 0 saturated carbocycles. The van der Waals surface area contributed by atoms with Crippen molar-refractivity contribution in [1.29, 1.82) is 0 Å². The van der Waals surface area contributed by atoms with Crippen molar-refractivity contribution in [2.45, 2.75) is 12.5 Å². The highest BCUT2D eigenvalue weighted by Crippen LogP contribution is 2.29. The first-order valence-corrected chi connectivity index (χ1v) is 6.80. The van der Waals surface area contributed by atoms with E-state index in [0.29, 0.717) is 10.6 Å². The molecule has 0 aliphatic rings. The summed E-state index contributed by atoms with van der Waals surface area (Å²) in [5.41, 5.74) is 0.656. The van der Waals surface area contributed by atoms with Crippen LogP contribution in [0.5, 0.6) is 0 Å². The molecule has 2 N–H and O–H groups in total. The second-order valence-electron chi connectivity index (χ2n) is 4.75. The van der Waals surface area contributed by atoms with Gasteiger partial charge in [0.15, 0.2) is 0 Å². The highest BCUT2D eigenvalue weighted by atomic mass is 35.5. The van der Waals surface area contributed by atoms with Gasteiger partial charge in [0, 0.05) is 10.7 Å². The summed E-state index contributed by atoms with van der Waals surface area (Å²) in [6.45, 7) is 1.62. The molecule has 2 aromatic rings. The van der Waals surface area contributed by atoms with Gasteiger partial charge in [0.1, 0.15) is 5.82 Å². The summed E-state index contributed by atoms with van der Waals surface area (Å²) in [6.07, 6.45) is 0. The number of hydrogen-bond acceptors (Lipinski definition) is 2. The molecule has 2 rings (SSSR count). The third-order valence-electron chi connectivity index (χ3n) is 3.12. The van der Waals surface area contributed by atoms with Gasteiger partial charge in [-0.3, -0.25) is 0 Å². The quantitative estimate of drug-likeness (QED) is 0.874. The minimum Gasteiger partial charge on any atom is -0.394 e. The molecule has 0 bridgehead atoms. The standard InChI is InChI=1S/C15H14Cl2FNO/c1-15(9-20,10-5-6-14(18)13(17)7-10)19-12-4-2-3-11(16)8-12/h2-8,19-20H,9H2,1H3. The minimum absolute atomic E-state index is 0.0232. The number of nitrogens with one attached hydrogen (secondary N) is 1. The molecule has 0 spiro atoms. The van der Waals surface area contributed by atoms with Crippen molar-refractivity contribution in [2.75, 3.05) is 11.9 Å². The van der Waals surface area contributed by atoms with Crippen molar-refractivity contribution >= 4 is 28.9 Å². The average Bonchev–Trinajstić information content (AvgIpc) is 2.41. The van der Waals surface area contributed by atoms with E-state index in [1.54, 1.807) is 31.2 Å². The van der Waals surface area contributed by atoms with Crippen molar-refractivity contribution in [3.8, 4) is 0 Å². The van der Waals surface area contributed by atoms with Crippen LogP contribution in [0.3, 0.4) is 0 Å². The van der Waals surface area contributed by atoms with Crippen LogP contribution in [0.2, 0.25) is 10.0 Å². The summed E-state index contributed by atoms with van der Waals surface area (Å²) >= 11 is 11.7. The third kappa shape index (κ3) is 3.23. The molecule has 0 amide bonds. The molecule has 106 valence electrons. The number of halogens is 3. The number of hydrogen-bond donors (Lipinski definition) is 2. The highest BCUT2D eigenvalue weighted by molar-refractivity contribution is 6.31. The Morgan fingerprint density at radius 1 is 1.20 bits per heavy atom. The second kappa shape index (κ2) is 6.00. The maximum atomic E-state index is 13.2. The average molecular weight is 314 g/mol. The summed E-state index contributed by atoms with van der Waals surface area (Å²) < 4.78 is 13.2. The zero-order chi connectivity index (χ0) is 14.8. The van der Waals surface area contributed by atoms with Crippen molar-refractivity contribution in [1.82, 2.24) is 0 Å². The highest BCUT2D eigenvalue weighted by Gasteiger charge is 2.26. The van der Waals surface area contributed by atoms with E-state index in [9.17, 15) is 9.50 Å². The summed E-state index contributed by atoms with van der Waals surface area (Å²) in [6, 6.07) is 11.5. The molecule has 0 aliphatic heterocycles. The molecule has 0 fully saturated rings. The number of aliphatic hydroxyl groups excluding tert-OH is 1. The molecule has 20 heavy (non-hydrogen) atoms. The summed E-state index contributed by atoms with van der Waals surface area (Å²) in [4.78, 5) is 0. The van der Waals surface area contributed by atoms with Gasteiger partial charge in [0.25, 0.3) is 0 Å². The maximum absolute atomic E-state index is 13.2. The van der Waals surface area contributed by atoms with Crippen LogP contribution in [0.4, 0.5) is 10.1 Å². The molecule has 1 unspecified atom stereocenters. The smallest absolute Gasteiger partial charge is 0.141 e. The Kier molecular flexibility index (Phi) is 4.53. The van der Waals surface area contributed by atoms with Crippen LogP contribution >= 0.6 is 23.2 Å². The van der Waals surface area contributed by atoms with E-state index < -0.39 is 11.4 Å². The molecule has 2 nitrogen and oxygen atoms in total. The lowest BCUT2D eigenvalue weighted by molar-refractivity contribution is 0.224. The van der Waals surface area contributed by atoms with Gasteiger partial charge in [0.2, 0.25) is 0 Å². The monoisotopic (exact) mass is 313 g/mol. The normalized spacial score (nSPS) is 13.8. The number of rotatable bonds is 4. The van der Waals surface area contributed by atoms with Gasteiger partial charge in [0.05, 0.1) is 17.2 Å². The Hall–Kier alpha value is -1.29. The number of aliphatic hydroxyl groups is 1. The number of benzene rings is 2. The van der Waals surface area contributed by atoms with E-state index in [1.165, 1.54) is 12.1 Å². The Morgan fingerprint density at radius 2 is 1.95 bits per heavy atom. The molecule has 0 aliphatic carbocycles. The van der Waals surface area contributed by atoms with Crippen LogP contribution in [0.25, 0.3) is 0 Å². The number of anilines is 1. The fourth-order valence-electron chi connectivity index (χ4n) is 1.93. The summed E-state index contributed by atoms with van der Waals surface area (Å²) in [7, 11) is 0. The topological polar surface area (TPSA) is 32.3 Å². The summed E-state index contributed by atoms with van der Waals surface area (Å²) in [5, 5.41) is 13.5. The van der Waals surface area contributed by atoms with Gasteiger partial charge in [-0.05, 0) is 42.8 Å². The summed E-state index contributed by atoms with van der Waals surface area (Å²) in [5.74, 6) is -0.488. The Bertz CT molecular complexity index is 621. The van der Waals surface area contributed by atoms with Crippen molar-refractivity contribution < 1.29 is 9.50 Å². The van der Waals surface area contributed by atoms with Crippen molar-refractivity contribution in [2.24, 2.45) is 0 Å². The first-order chi connectivity index (χ1) is 9.44. The van der Waals surface area contributed by atoms with Gasteiger partial charge in [-0.15, -0.1) is 0 Å². The van der Waals surface area contributed by atoms with Crippen LogP contribution in [0.15, 0.2) is 42.5 Å². The molecule has 0 heterocycles. The van der Waals surface area contributed by atoms with Crippen molar-refractivity contribution in [3.05, 3.63) is 63.9 Å². The van der Waals surface area contributed by atoms with Gasteiger partial charge in [-0.25, -0.2) is 4.39 Å². The Labute approximate surface area is 127 Å². The van der Waals surface area contributed by atoms with E-state index in [2.05, 4.69) is 5.32 Å². The molecule has 0 radical (unpaired) electrons. The van der Waals surface area contributed by atoms with Gasteiger partial charge >= 0.3 is 0 Å². The van der Waals surface area contributed by atoms with Crippen LogP contribution in [0.1, 0.15) is 12.5 Å². The van der Waals surface area contributed by atoms with E-state index in [1.807, 2.05) is 6.07 Å². The van der Waals surface area contributed by atoms with Crippen LogP contribution in [-0.2, 0) is 5.54 Å². The zero-order valence-corrected chi connectivity index (χ0v) is 12.3. The molecule has 5 heteroatoms. The van der Waals surface area contributed by atoms with Crippen LogP contribution in [-0.4, -0.2) is 11.7 Å². The third-order valence-corrected chi connectivity index (χ3v) is 3.64. The predicted octanol–water partition coefficient (Wildman–Crippen LogP) is 4.45. The molecule has 1 atom stereocenters. The van der Waals surface area contributed by atoms with Gasteiger partial charge < -0.3 is 10.4 Å². The predicted molar refractivity (Wildman–Crippen MR) is 80.9 cm³/mol. The van der Waals surface area contributed by atoms with Gasteiger partial charge in [-0.2, -0.15) is 0 Å². The van der Waals surface area contributed by atoms with Crippen LogP contribution in [0, 0.1) is 5.82 Å². The minimum atomic E-state index is -0.790. The molecule has 0 saturated heterocycles. The molecular formula is C15H14Cl2FNO. The van der Waals surface area contributed by atoms with Crippen LogP contribution < -0.4 is 5.32 Å².